The van der Waals surface area contributed by atoms with Crippen molar-refractivity contribution >= 4 is 5.91 Å². The largest absolute Gasteiger partial charge is 0.385 e. The van der Waals surface area contributed by atoms with Gasteiger partial charge in [0.15, 0.2) is 0 Å². The second-order valence-corrected chi connectivity index (χ2v) is 2.88. The van der Waals surface area contributed by atoms with E-state index in [1.54, 1.807) is 7.11 Å². The Morgan fingerprint density at radius 1 is 1.57 bits per heavy atom. The number of hydrogen-bond acceptors (Lipinski definition) is 3. The van der Waals surface area contributed by atoms with Crippen LogP contribution in [0.1, 0.15) is 12.8 Å². The molecule has 0 aromatic carbocycles. The molecule has 0 aliphatic carbocycles. The molecule has 1 unspecified atom stereocenters. The maximum atomic E-state index is 11.7. The highest BCUT2D eigenvalue weighted by Gasteiger charge is 2.14. The van der Waals surface area contributed by atoms with E-state index in [-0.39, 0.29) is 0 Å². The van der Waals surface area contributed by atoms with Gasteiger partial charge >= 0.3 is 0 Å². The van der Waals surface area contributed by atoms with Crippen LogP contribution in [0.15, 0.2) is 0 Å². The second kappa shape index (κ2) is 7.64. The van der Waals surface area contributed by atoms with Gasteiger partial charge in [-0.1, -0.05) is 0 Å². The Kier molecular flexibility index (Phi) is 7.23. The van der Waals surface area contributed by atoms with Crippen molar-refractivity contribution in [2.75, 3.05) is 20.3 Å². The molecule has 0 heterocycles. The van der Waals surface area contributed by atoms with Crippen LogP contribution in [0.4, 0.5) is 8.78 Å². The predicted molar refractivity (Wildman–Crippen MR) is 48.1 cm³/mol. The highest BCUT2D eigenvalue weighted by atomic mass is 19.3. The van der Waals surface area contributed by atoms with E-state index in [1.165, 1.54) is 0 Å². The zero-order valence-electron chi connectivity index (χ0n) is 8.13. The molecule has 84 valence electrons. The van der Waals surface area contributed by atoms with Crippen LogP contribution < -0.4 is 11.1 Å². The van der Waals surface area contributed by atoms with E-state index in [1.807, 2.05) is 0 Å². The van der Waals surface area contributed by atoms with Gasteiger partial charge in [0.2, 0.25) is 5.91 Å². The normalized spacial score (nSPS) is 12.9. The number of rotatable bonds is 7. The van der Waals surface area contributed by atoms with Crippen molar-refractivity contribution in [2.45, 2.75) is 25.3 Å². The third kappa shape index (κ3) is 6.73. The zero-order chi connectivity index (χ0) is 11.0. The van der Waals surface area contributed by atoms with Crippen LogP contribution in [0.25, 0.3) is 0 Å². The standard InChI is InChI=1S/C8H16F2N2O2/c1-14-4-2-3-6(11)8(13)12-5-7(9)10/h6-7H,2-5,11H2,1H3,(H,12,13). The van der Waals surface area contributed by atoms with Crippen molar-refractivity contribution in [2.24, 2.45) is 5.73 Å². The summed E-state index contributed by atoms with van der Waals surface area (Å²) in [6, 6.07) is -0.733. The zero-order valence-corrected chi connectivity index (χ0v) is 8.13. The predicted octanol–water partition coefficient (Wildman–Crippen LogP) is 0.122. The summed E-state index contributed by atoms with van der Waals surface area (Å²) < 4.78 is 28.1. The fourth-order valence-corrected chi connectivity index (χ4v) is 0.888. The molecule has 0 aliphatic rings. The van der Waals surface area contributed by atoms with Crippen molar-refractivity contribution in [3.05, 3.63) is 0 Å². The minimum Gasteiger partial charge on any atom is -0.385 e. The molecule has 0 rings (SSSR count). The van der Waals surface area contributed by atoms with Gasteiger partial charge in [-0.25, -0.2) is 8.78 Å². The summed E-state index contributed by atoms with van der Waals surface area (Å²) in [5.41, 5.74) is 5.43. The smallest absolute Gasteiger partial charge is 0.255 e. The molecule has 1 amide bonds. The molecule has 1 atom stereocenters. The summed E-state index contributed by atoms with van der Waals surface area (Å²) in [7, 11) is 1.54. The molecule has 0 saturated heterocycles. The highest BCUT2D eigenvalue weighted by molar-refractivity contribution is 5.81. The molecule has 0 aromatic rings. The third-order valence-corrected chi connectivity index (χ3v) is 1.63. The fraction of sp³-hybridized carbons (Fsp3) is 0.875. The quantitative estimate of drug-likeness (QED) is 0.587. The minimum absolute atomic E-state index is 0.433. The summed E-state index contributed by atoms with van der Waals surface area (Å²) >= 11 is 0. The van der Waals surface area contributed by atoms with Gasteiger partial charge in [-0.3, -0.25) is 4.79 Å². The number of methoxy groups -OCH3 is 1. The number of amides is 1. The molecule has 0 bridgehead atoms. The summed E-state index contributed by atoms with van der Waals surface area (Å²) in [6.45, 7) is -0.132. The fourth-order valence-electron chi connectivity index (χ4n) is 0.888. The first-order valence-corrected chi connectivity index (χ1v) is 4.38. The Morgan fingerprint density at radius 2 is 2.21 bits per heavy atom. The lowest BCUT2D eigenvalue weighted by Gasteiger charge is -2.11. The van der Waals surface area contributed by atoms with Crippen LogP contribution >= 0.6 is 0 Å². The number of carbonyl (C=O) groups excluding carboxylic acids is 1. The van der Waals surface area contributed by atoms with Crippen LogP contribution in [0.2, 0.25) is 0 Å². The van der Waals surface area contributed by atoms with Crippen molar-refractivity contribution in [1.82, 2.24) is 5.32 Å². The Morgan fingerprint density at radius 3 is 2.71 bits per heavy atom. The molecule has 6 heteroatoms. The molecule has 0 aromatic heterocycles. The van der Waals surface area contributed by atoms with Crippen LogP contribution in [0.5, 0.6) is 0 Å². The van der Waals surface area contributed by atoms with Crippen LogP contribution in [-0.4, -0.2) is 38.6 Å². The number of ether oxygens (including phenoxy) is 1. The van der Waals surface area contributed by atoms with Crippen molar-refractivity contribution < 1.29 is 18.3 Å². The van der Waals surface area contributed by atoms with Gasteiger partial charge in [0.25, 0.3) is 6.43 Å². The van der Waals surface area contributed by atoms with Crippen LogP contribution in [0, 0.1) is 0 Å². The Labute approximate surface area is 81.8 Å². The number of hydrogen-bond donors (Lipinski definition) is 2. The summed E-state index contributed by atoms with van der Waals surface area (Å²) in [5.74, 6) is -0.540. The lowest BCUT2D eigenvalue weighted by molar-refractivity contribution is -0.123. The average Bonchev–Trinajstić information content (AvgIpc) is 2.14. The maximum Gasteiger partial charge on any atom is 0.255 e. The maximum absolute atomic E-state index is 11.7. The van der Waals surface area contributed by atoms with Gasteiger partial charge in [-0.2, -0.15) is 0 Å². The molecule has 4 nitrogen and oxygen atoms in total. The van der Waals surface area contributed by atoms with E-state index in [9.17, 15) is 13.6 Å². The van der Waals surface area contributed by atoms with Crippen molar-refractivity contribution in [3.8, 4) is 0 Å². The highest BCUT2D eigenvalue weighted by Crippen LogP contribution is 1.95. The summed E-state index contributed by atoms with van der Waals surface area (Å²) in [5, 5.41) is 2.05. The Bertz CT molecular complexity index is 167. The first-order valence-electron chi connectivity index (χ1n) is 4.38. The lowest BCUT2D eigenvalue weighted by Crippen LogP contribution is -2.42. The van der Waals surface area contributed by atoms with E-state index in [0.29, 0.717) is 19.4 Å². The number of nitrogens with one attached hydrogen (secondary N) is 1. The van der Waals surface area contributed by atoms with Gasteiger partial charge in [-0.15, -0.1) is 0 Å². The Hall–Kier alpha value is -0.750. The molecule has 3 N–H and O–H groups in total. The van der Waals surface area contributed by atoms with Gasteiger partial charge in [-0.05, 0) is 12.8 Å². The topological polar surface area (TPSA) is 64.3 Å². The van der Waals surface area contributed by atoms with E-state index in [0.717, 1.165) is 0 Å². The number of alkyl halides is 2. The van der Waals surface area contributed by atoms with Crippen molar-refractivity contribution in [3.63, 3.8) is 0 Å². The number of halogens is 2. The molecule has 0 aliphatic heterocycles. The first kappa shape index (κ1) is 13.2. The Balaban J connectivity index is 3.54. The van der Waals surface area contributed by atoms with Crippen LogP contribution in [-0.2, 0) is 9.53 Å². The molecule has 14 heavy (non-hydrogen) atoms. The lowest BCUT2D eigenvalue weighted by atomic mass is 10.1. The summed E-state index contributed by atoms with van der Waals surface area (Å²) in [6.07, 6.45) is -1.46. The van der Waals surface area contributed by atoms with Gasteiger partial charge < -0.3 is 15.8 Å². The minimum atomic E-state index is -2.54. The molecular weight excluding hydrogens is 194 g/mol. The van der Waals surface area contributed by atoms with Crippen LogP contribution in [0.3, 0.4) is 0 Å². The number of nitrogens with two attached hydrogens (primary N) is 1. The molecule has 0 fully saturated rings. The molecule has 0 radical (unpaired) electrons. The average molecular weight is 210 g/mol. The van der Waals surface area contributed by atoms with Gasteiger partial charge in [0.05, 0.1) is 12.6 Å². The van der Waals surface area contributed by atoms with E-state index in [4.69, 9.17) is 10.5 Å². The second-order valence-electron chi connectivity index (χ2n) is 2.88. The van der Waals surface area contributed by atoms with E-state index in [2.05, 4.69) is 5.32 Å². The SMILES string of the molecule is COCCCC(N)C(=O)NCC(F)F. The van der Waals surface area contributed by atoms with E-state index < -0.39 is 24.9 Å². The van der Waals surface area contributed by atoms with E-state index >= 15 is 0 Å². The van der Waals surface area contributed by atoms with Gasteiger partial charge in [0, 0.05) is 13.7 Å². The third-order valence-electron chi connectivity index (χ3n) is 1.63. The first-order chi connectivity index (χ1) is 6.57. The monoisotopic (exact) mass is 210 g/mol. The summed E-state index contributed by atoms with van der Waals surface area (Å²) in [4.78, 5) is 11.0. The van der Waals surface area contributed by atoms with Gasteiger partial charge in [0.1, 0.15) is 0 Å². The molecule has 0 saturated carbocycles. The molecule has 0 spiro atoms. The number of carbonyl (C=O) groups is 1. The molecular formula is C8H16F2N2O2. The van der Waals surface area contributed by atoms with Crippen molar-refractivity contribution in [1.29, 1.82) is 0 Å².